The molecule has 1 rings (SSSR count). The Hall–Kier alpha value is -0.980. The van der Waals surface area contributed by atoms with E-state index in [9.17, 15) is 5.11 Å². The lowest BCUT2D eigenvalue weighted by Crippen LogP contribution is -2.20. The summed E-state index contributed by atoms with van der Waals surface area (Å²) in [6.07, 6.45) is 0.0870. The number of methoxy groups -OCH3 is 1. The molecule has 0 saturated heterocycles. The molecular weight excluding hydrogens is 248 g/mol. The largest absolute Gasteiger partial charge is 0.393 e. The summed E-state index contributed by atoms with van der Waals surface area (Å²) in [5.74, 6) is 1.22. The van der Waals surface area contributed by atoms with Gasteiger partial charge in [-0.15, -0.1) is 0 Å². The number of aliphatic hydroxyl groups is 1. The average molecular weight is 272 g/mol. The van der Waals surface area contributed by atoms with Gasteiger partial charge in [0, 0.05) is 13.5 Å². The van der Waals surface area contributed by atoms with E-state index in [-0.39, 0.29) is 11.8 Å². The summed E-state index contributed by atoms with van der Waals surface area (Å²) in [5.41, 5.74) is 0. The molecule has 0 aliphatic rings. The number of aliphatic hydroxyl groups excluding tert-OH is 1. The molecule has 0 amide bonds. The van der Waals surface area contributed by atoms with Gasteiger partial charge in [-0.2, -0.15) is 4.98 Å². The number of hydrogen-bond donors (Lipinski definition) is 1. The maximum Gasteiger partial charge on any atom is 0.232 e. The van der Waals surface area contributed by atoms with Crippen LogP contribution in [0.3, 0.4) is 0 Å². The monoisotopic (exact) mass is 272 g/mol. The minimum atomic E-state index is -0.508. The van der Waals surface area contributed by atoms with Gasteiger partial charge in [0.2, 0.25) is 5.89 Å². The van der Waals surface area contributed by atoms with Crippen LogP contribution in [-0.2, 0) is 15.9 Å². The van der Waals surface area contributed by atoms with Crippen LogP contribution in [0.1, 0.15) is 38.4 Å². The first-order valence-corrected chi connectivity index (χ1v) is 6.63. The Bertz CT molecular complexity index is 344. The van der Waals surface area contributed by atoms with Crippen LogP contribution in [0.25, 0.3) is 0 Å². The normalized spacial score (nSPS) is 14.8. The van der Waals surface area contributed by atoms with Crippen molar-refractivity contribution in [1.82, 2.24) is 10.1 Å². The zero-order valence-electron chi connectivity index (χ0n) is 12.1. The van der Waals surface area contributed by atoms with Gasteiger partial charge in [-0.3, -0.25) is 0 Å². The Kier molecular flexibility index (Phi) is 6.97. The molecule has 0 radical (unpaired) electrons. The zero-order valence-corrected chi connectivity index (χ0v) is 12.1. The molecule has 6 heteroatoms. The van der Waals surface area contributed by atoms with E-state index >= 15 is 0 Å². The highest BCUT2D eigenvalue weighted by atomic mass is 16.5. The van der Waals surface area contributed by atoms with Crippen molar-refractivity contribution in [3.63, 3.8) is 0 Å². The Morgan fingerprint density at radius 2 is 1.95 bits per heavy atom. The Balaban J connectivity index is 2.47. The third kappa shape index (κ3) is 5.26. The molecule has 0 spiro atoms. The van der Waals surface area contributed by atoms with Crippen molar-refractivity contribution in [2.75, 3.05) is 26.9 Å². The highest BCUT2D eigenvalue weighted by Crippen LogP contribution is 2.26. The van der Waals surface area contributed by atoms with Gasteiger partial charge in [-0.05, 0) is 12.8 Å². The van der Waals surface area contributed by atoms with Crippen LogP contribution in [0.2, 0.25) is 0 Å². The van der Waals surface area contributed by atoms with Gasteiger partial charge in [0.05, 0.1) is 31.8 Å². The summed E-state index contributed by atoms with van der Waals surface area (Å²) in [4.78, 5) is 4.32. The standard InChI is InChI=1S/C13H24N2O4/c1-9(2)12(10(3)16)13-14-11(15-19-13)5-6-18-8-7-17-4/h9-10,12,16H,5-8H2,1-4H3. The Morgan fingerprint density at radius 1 is 1.21 bits per heavy atom. The Morgan fingerprint density at radius 3 is 2.53 bits per heavy atom. The Labute approximate surface area is 114 Å². The van der Waals surface area contributed by atoms with Gasteiger partial charge in [0.1, 0.15) is 0 Å². The van der Waals surface area contributed by atoms with Crippen molar-refractivity contribution in [1.29, 1.82) is 0 Å². The molecule has 0 bridgehead atoms. The van der Waals surface area contributed by atoms with Crippen molar-refractivity contribution >= 4 is 0 Å². The molecule has 2 atom stereocenters. The van der Waals surface area contributed by atoms with E-state index in [1.807, 2.05) is 13.8 Å². The third-order valence-corrected chi connectivity index (χ3v) is 2.91. The van der Waals surface area contributed by atoms with Crippen LogP contribution in [0, 0.1) is 5.92 Å². The van der Waals surface area contributed by atoms with E-state index < -0.39 is 6.10 Å². The average Bonchev–Trinajstić information content (AvgIpc) is 2.76. The quantitative estimate of drug-likeness (QED) is 0.685. The van der Waals surface area contributed by atoms with E-state index in [1.54, 1.807) is 14.0 Å². The number of nitrogens with zero attached hydrogens (tertiary/aromatic N) is 2. The first kappa shape index (κ1) is 16.1. The molecule has 1 N–H and O–H groups in total. The molecule has 1 aromatic rings. The minimum Gasteiger partial charge on any atom is -0.393 e. The summed E-state index contributed by atoms with van der Waals surface area (Å²) >= 11 is 0. The van der Waals surface area contributed by atoms with E-state index in [0.717, 1.165) is 0 Å². The highest BCUT2D eigenvalue weighted by Gasteiger charge is 2.26. The number of rotatable bonds is 9. The van der Waals surface area contributed by atoms with Crippen LogP contribution in [-0.4, -0.2) is 48.3 Å². The van der Waals surface area contributed by atoms with Crippen molar-refractivity contribution in [3.05, 3.63) is 11.7 Å². The topological polar surface area (TPSA) is 77.6 Å². The highest BCUT2D eigenvalue weighted by molar-refractivity contribution is 4.98. The smallest absolute Gasteiger partial charge is 0.232 e. The predicted octanol–water partition coefficient (Wildman–Crippen LogP) is 1.40. The van der Waals surface area contributed by atoms with Crippen LogP contribution in [0.15, 0.2) is 4.52 Å². The van der Waals surface area contributed by atoms with Crippen molar-refractivity contribution in [2.45, 2.75) is 39.2 Å². The zero-order chi connectivity index (χ0) is 14.3. The lowest BCUT2D eigenvalue weighted by molar-refractivity contribution is 0.0714. The molecule has 0 saturated carbocycles. The second-order valence-corrected chi connectivity index (χ2v) is 4.91. The molecule has 0 aliphatic heterocycles. The summed E-state index contributed by atoms with van der Waals surface area (Å²) < 4.78 is 15.5. The summed E-state index contributed by atoms with van der Waals surface area (Å²) in [7, 11) is 1.64. The second kappa shape index (κ2) is 8.24. The number of ether oxygens (including phenoxy) is 2. The first-order valence-electron chi connectivity index (χ1n) is 6.63. The summed E-state index contributed by atoms with van der Waals surface area (Å²) in [5, 5.41) is 13.7. The molecule has 1 heterocycles. The molecule has 19 heavy (non-hydrogen) atoms. The van der Waals surface area contributed by atoms with Gasteiger partial charge >= 0.3 is 0 Å². The molecule has 6 nitrogen and oxygen atoms in total. The molecule has 110 valence electrons. The fraction of sp³-hybridized carbons (Fsp3) is 0.846. The van der Waals surface area contributed by atoms with Crippen LogP contribution in [0.5, 0.6) is 0 Å². The van der Waals surface area contributed by atoms with Crippen LogP contribution >= 0.6 is 0 Å². The maximum absolute atomic E-state index is 9.75. The second-order valence-electron chi connectivity index (χ2n) is 4.91. The lowest BCUT2D eigenvalue weighted by Gasteiger charge is -2.19. The van der Waals surface area contributed by atoms with Gasteiger partial charge < -0.3 is 19.1 Å². The fourth-order valence-corrected chi connectivity index (χ4v) is 1.96. The van der Waals surface area contributed by atoms with E-state index in [4.69, 9.17) is 14.0 Å². The molecule has 0 aliphatic carbocycles. The fourth-order valence-electron chi connectivity index (χ4n) is 1.96. The SMILES string of the molecule is COCCOCCc1noc(C(C(C)C)C(C)O)n1. The van der Waals surface area contributed by atoms with E-state index in [1.165, 1.54) is 0 Å². The van der Waals surface area contributed by atoms with Gasteiger partial charge in [-0.25, -0.2) is 0 Å². The van der Waals surface area contributed by atoms with Crippen LogP contribution in [0.4, 0.5) is 0 Å². The molecule has 0 aromatic carbocycles. The summed E-state index contributed by atoms with van der Waals surface area (Å²) in [6, 6.07) is 0. The predicted molar refractivity (Wildman–Crippen MR) is 70.0 cm³/mol. The maximum atomic E-state index is 9.75. The third-order valence-electron chi connectivity index (χ3n) is 2.91. The lowest BCUT2D eigenvalue weighted by atomic mass is 9.91. The van der Waals surface area contributed by atoms with Crippen LogP contribution < -0.4 is 0 Å². The minimum absolute atomic E-state index is 0.129. The van der Waals surface area contributed by atoms with Crippen molar-refractivity contribution in [2.24, 2.45) is 5.92 Å². The number of hydrogen-bond acceptors (Lipinski definition) is 6. The van der Waals surface area contributed by atoms with Crippen molar-refractivity contribution in [3.8, 4) is 0 Å². The van der Waals surface area contributed by atoms with Crippen molar-refractivity contribution < 1.29 is 19.1 Å². The number of aromatic nitrogens is 2. The first-order chi connectivity index (χ1) is 9.06. The summed E-state index contributed by atoms with van der Waals surface area (Å²) in [6.45, 7) is 7.45. The van der Waals surface area contributed by atoms with Gasteiger partial charge in [0.15, 0.2) is 5.82 Å². The van der Waals surface area contributed by atoms with E-state index in [0.29, 0.717) is 38.0 Å². The molecular formula is C13H24N2O4. The van der Waals surface area contributed by atoms with Gasteiger partial charge in [0.25, 0.3) is 0 Å². The molecule has 1 aromatic heterocycles. The van der Waals surface area contributed by atoms with Gasteiger partial charge in [-0.1, -0.05) is 19.0 Å². The molecule has 2 unspecified atom stereocenters. The van der Waals surface area contributed by atoms with E-state index in [2.05, 4.69) is 10.1 Å². The molecule has 0 fully saturated rings.